The molecule has 9 heavy (non-hydrogen) atoms. The molecule has 0 atom stereocenters. The van der Waals surface area contributed by atoms with E-state index in [9.17, 15) is 0 Å². The van der Waals surface area contributed by atoms with Gasteiger partial charge in [0.05, 0.1) is 0 Å². The maximum absolute atomic E-state index is 6.58. The van der Waals surface area contributed by atoms with Gasteiger partial charge in [-0.1, -0.05) is 0 Å². The van der Waals surface area contributed by atoms with Gasteiger partial charge in [-0.05, 0) is 12.2 Å². The number of nitrogens with one attached hydrogen (secondary N) is 3. The van der Waals surface area contributed by atoms with Crippen molar-refractivity contribution in [3.8, 4) is 0 Å². The number of thiocarbonyl (C=S) groups is 1. The molecule has 5 nitrogen and oxygen atoms in total. The Labute approximate surface area is 64.1 Å². The van der Waals surface area contributed by atoms with Crippen LogP contribution in [0.15, 0.2) is 0 Å². The fraction of sp³-hybridized carbons (Fsp3) is 0. The number of hydrogen-bond acceptors (Lipinski definition) is 2. The third kappa shape index (κ3) is 11.1. The summed E-state index contributed by atoms with van der Waals surface area (Å²) < 4.78 is 0. The van der Waals surface area contributed by atoms with E-state index in [1.165, 1.54) is 0 Å². The van der Waals surface area contributed by atoms with Crippen molar-refractivity contribution in [1.82, 2.24) is 10.9 Å². The SMILES string of the molecule is Cl.N=C(N)NNC(N)=S. The van der Waals surface area contributed by atoms with Gasteiger partial charge in [0.15, 0.2) is 5.11 Å². The first-order valence-corrected chi connectivity index (χ1v) is 2.19. The molecule has 0 aromatic rings. The number of nitrogens with two attached hydrogens (primary N) is 2. The molecule has 0 bridgehead atoms. The molecule has 0 heterocycles. The van der Waals surface area contributed by atoms with Crippen LogP contribution in [0.4, 0.5) is 0 Å². The lowest BCUT2D eigenvalue weighted by molar-refractivity contribution is 0.852. The summed E-state index contributed by atoms with van der Waals surface area (Å²) in [6.45, 7) is 0. The first-order chi connectivity index (χ1) is 3.63. The molecule has 0 aromatic carbocycles. The molecule has 0 amide bonds. The van der Waals surface area contributed by atoms with E-state index in [-0.39, 0.29) is 23.5 Å². The second-order valence-electron chi connectivity index (χ2n) is 1.03. The monoisotopic (exact) mass is 169 g/mol. The minimum Gasteiger partial charge on any atom is -0.375 e. The van der Waals surface area contributed by atoms with E-state index in [1.807, 2.05) is 0 Å². The van der Waals surface area contributed by atoms with Gasteiger partial charge in [0.1, 0.15) is 0 Å². The van der Waals surface area contributed by atoms with E-state index in [4.69, 9.17) is 16.9 Å². The second-order valence-corrected chi connectivity index (χ2v) is 1.47. The maximum atomic E-state index is 6.58. The van der Waals surface area contributed by atoms with Gasteiger partial charge in [0, 0.05) is 0 Å². The third-order valence-electron chi connectivity index (χ3n) is 0.320. The van der Waals surface area contributed by atoms with Crippen molar-refractivity contribution in [2.75, 3.05) is 0 Å². The van der Waals surface area contributed by atoms with Crippen LogP contribution in [-0.2, 0) is 0 Å². The predicted octanol–water partition coefficient (Wildman–Crippen LogP) is -1.36. The standard InChI is InChI=1S/C2H7N5S.ClH/c3-1(4)6-7-2(5)8;/h(H4,3,4,6)(H3,5,7,8);1H. The minimum atomic E-state index is -0.224. The van der Waals surface area contributed by atoms with Crippen LogP contribution in [0.5, 0.6) is 0 Å². The van der Waals surface area contributed by atoms with Crippen LogP contribution in [-0.4, -0.2) is 11.1 Å². The normalized spacial score (nSPS) is 6.67. The Morgan fingerprint density at radius 1 is 1.33 bits per heavy atom. The quantitative estimate of drug-likeness (QED) is 0.134. The molecule has 0 radical (unpaired) electrons. The smallest absolute Gasteiger partial charge is 0.204 e. The summed E-state index contributed by atoms with van der Waals surface area (Å²) in [7, 11) is 0. The van der Waals surface area contributed by atoms with E-state index < -0.39 is 0 Å². The Morgan fingerprint density at radius 3 is 1.89 bits per heavy atom. The summed E-state index contributed by atoms with van der Waals surface area (Å²) in [6, 6.07) is 0. The van der Waals surface area contributed by atoms with E-state index in [0.29, 0.717) is 0 Å². The number of halogens is 1. The molecule has 0 aromatic heterocycles. The molecule has 7 N–H and O–H groups in total. The van der Waals surface area contributed by atoms with Crippen LogP contribution in [0.25, 0.3) is 0 Å². The highest BCUT2D eigenvalue weighted by Crippen LogP contribution is 1.48. The van der Waals surface area contributed by atoms with Crippen LogP contribution >= 0.6 is 24.6 Å². The summed E-state index contributed by atoms with van der Waals surface area (Å²) in [5.41, 5.74) is 14.2. The fourth-order valence-corrected chi connectivity index (χ4v) is 0.180. The average Bonchev–Trinajstić information content (AvgIpc) is 1.61. The number of hydrogen-bond donors (Lipinski definition) is 5. The van der Waals surface area contributed by atoms with E-state index >= 15 is 0 Å². The Morgan fingerprint density at radius 2 is 1.78 bits per heavy atom. The lowest BCUT2D eigenvalue weighted by Gasteiger charge is -2.02. The van der Waals surface area contributed by atoms with Crippen LogP contribution in [0.1, 0.15) is 0 Å². The van der Waals surface area contributed by atoms with Gasteiger partial charge in [0.25, 0.3) is 0 Å². The molecular weight excluding hydrogens is 162 g/mol. The largest absolute Gasteiger partial charge is 0.375 e. The van der Waals surface area contributed by atoms with Crippen LogP contribution < -0.4 is 22.3 Å². The van der Waals surface area contributed by atoms with Gasteiger partial charge >= 0.3 is 0 Å². The molecular formula is C2H8ClN5S. The first-order valence-electron chi connectivity index (χ1n) is 1.78. The van der Waals surface area contributed by atoms with Crippen molar-refractivity contribution in [2.24, 2.45) is 11.5 Å². The molecule has 0 aliphatic carbocycles. The maximum Gasteiger partial charge on any atom is 0.204 e. The Hall–Kier alpha value is -0.750. The van der Waals surface area contributed by atoms with Crippen molar-refractivity contribution in [3.05, 3.63) is 0 Å². The minimum absolute atomic E-state index is 0. The van der Waals surface area contributed by atoms with E-state index in [1.54, 1.807) is 0 Å². The summed E-state index contributed by atoms with van der Waals surface area (Å²) in [5, 5.41) is 6.63. The second kappa shape index (κ2) is 5.39. The summed E-state index contributed by atoms with van der Waals surface area (Å²) in [6.07, 6.45) is 0. The zero-order chi connectivity index (χ0) is 6.57. The zero-order valence-electron chi connectivity index (χ0n) is 4.47. The van der Waals surface area contributed by atoms with E-state index in [0.717, 1.165) is 0 Å². The third-order valence-corrected chi connectivity index (χ3v) is 0.422. The highest BCUT2D eigenvalue weighted by Gasteiger charge is 1.82. The lowest BCUT2D eigenvalue weighted by Crippen LogP contribution is -2.47. The average molecular weight is 170 g/mol. The highest BCUT2D eigenvalue weighted by molar-refractivity contribution is 7.80. The van der Waals surface area contributed by atoms with Crippen molar-refractivity contribution in [2.45, 2.75) is 0 Å². The molecule has 0 aliphatic rings. The van der Waals surface area contributed by atoms with Crippen molar-refractivity contribution < 1.29 is 0 Å². The van der Waals surface area contributed by atoms with Crippen molar-refractivity contribution >= 4 is 35.7 Å². The molecule has 54 valence electrons. The van der Waals surface area contributed by atoms with E-state index in [2.05, 4.69) is 23.1 Å². The predicted molar refractivity (Wildman–Crippen MR) is 42.2 cm³/mol. The topological polar surface area (TPSA) is 100.0 Å². The molecule has 7 heteroatoms. The Balaban J connectivity index is 0. The van der Waals surface area contributed by atoms with Crippen molar-refractivity contribution in [3.63, 3.8) is 0 Å². The summed E-state index contributed by atoms with van der Waals surface area (Å²) in [5.74, 6) is -0.224. The van der Waals surface area contributed by atoms with Gasteiger partial charge in [-0.25, -0.2) is 0 Å². The van der Waals surface area contributed by atoms with Gasteiger partial charge in [-0.15, -0.1) is 12.4 Å². The number of guanidine groups is 1. The molecule has 0 spiro atoms. The summed E-state index contributed by atoms with van der Waals surface area (Å²) in [4.78, 5) is 0. The number of hydrazine groups is 1. The van der Waals surface area contributed by atoms with Gasteiger partial charge in [0.2, 0.25) is 5.96 Å². The molecule has 0 rings (SSSR count). The zero-order valence-corrected chi connectivity index (χ0v) is 6.10. The molecule has 0 saturated carbocycles. The fourth-order valence-electron chi connectivity index (χ4n) is 0.129. The summed E-state index contributed by atoms with van der Waals surface area (Å²) >= 11 is 4.37. The lowest BCUT2D eigenvalue weighted by atomic mass is 11.0. The van der Waals surface area contributed by atoms with Gasteiger partial charge in [-0.3, -0.25) is 16.3 Å². The Kier molecular flexibility index (Phi) is 6.65. The molecule has 0 saturated heterocycles. The van der Waals surface area contributed by atoms with Crippen LogP contribution in [0.3, 0.4) is 0 Å². The molecule has 0 unspecified atom stereocenters. The van der Waals surface area contributed by atoms with Crippen LogP contribution in [0.2, 0.25) is 0 Å². The molecule has 0 aliphatic heterocycles. The first kappa shape index (κ1) is 11.1. The Bertz CT molecular complexity index is 99.5. The van der Waals surface area contributed by atoms with Crippen molar-refractivity contribution in [1.29, 1.82) is 5.41 Å². The molecule has 0 fully saturated rings. The highest BCUT2D eigenvalue weighted by atomic mass is 35.5. The van der Waals surface area contributed by atoms with Crippen LogP contribution in [0, 0.1) is 5.41 Å². The van der Waals surface area contributed by atoms with Gasteiger partial charge in [-0.2, -0.15) is 0 Å². The number of rotatable bonds is 0. The van der Waals surface area contributed by atoms with Gasteiger partial charge < -0.3 is 11.5 Å².